The number of carbonyl (C=O) groups is 1. The summed E-state index contributed by atoms with van der Waals surface area (Å²) in [6, 6.07) is 19.0. The largest absolute Gasteiger partial charge is 0.464 e. The Balaban J connectivity index is 1.61. The summed E-state index contributed by atoms with van der Waals surface area (Å²) in [4.78, 5) is 14.9. The molecule has 0 spiro atoms. The summed E-state index contributed by atoms with van der Waals surface area (Å²) in [5.74, 6) is 2.77. The van der Waals surface area contributed by atoms with E-state index in [1.807, 2.05) is 49.4 Å². The number of hydrogen-bond acceptors (Lipinski definition) is 4. The molecule has 1 aliphatic heterocycles. The maximum absolute atomic E-state index is 13.1. The first kappa shape index (κ1) is 16.3. The average Bonchev–Trinajstić information content (AvgIpc) is 3.29. The Morgan fingerprint density at radius 1 is 0.962 bits per heavy atom. The van der Waals surface area contributed by atoms with Crippen molar-refractivity contribution in [2.75, 3.05) is 6.79 Å². The predicted molar refractivity (Wildman–Crippen MR) is 96.0 cm³/mol. The van der Waals surface area contributed by atoms with Gasteiger partial charge in [-0.1, -0.05) is 30.3 Å². The summed E-state index contributed by atoms with van der Waals surface area (Å²) in [7, 11) is 0. The van der Waals surface area contributed by atoms with E-state index in [-0.39, 0.29) is 12.7 Å². The molecule has 1 aromatic heterocycles. The van der Waals surface area contributed by atoms with Crippen molar-refractivity contribution in [2.24, 2.45) is 0 Å². The van der Waals surface area contributed by atoms with Crippen molar-refractivity contribution >= 4 is 5.91 Å². The van der Waals surface area contributed by atoms with Crippen molar-refractivity contribution in [2.45, 2.75) is 20.0 Å². The van der Waals surface area contributed by atoms with Gasteiger partial charge in [0.2, 0.25) is 6.79 Å². The predicted octanol–water partition coefficient (Wildman–Crippen LogP) is 4.16. The lowest BCUT2D eigenvalue weighted by atomic mass is 10.1. The van der Waals surface area contributed by atoms with Crippen molar-refractivity contribution in [1.29, 1.82) is 0 Å². The quantitative estimate of drug-likeness (QED) is 0.694. The average molecular weight is 349 g/mol. The van der Waals surface area contributed by atoms with Gasteiger partial charge in [-0.3, -0.25) is 4.79 Å². The maximum Gasteiger partial charge on any atom is 0.254 e. The first-order chi connectivity index (χ1) is 12.7. The zero-order chi connectivity index (χ0) is 17.9. The first-order valence-corrected chi connectivity index (χ1v) is 8.47. The first-order valence-electron chi connectivity index (χ1n) is 8.47. The Morgan fingerprint density at radius 2 is 1.77 bits per heavy atom. The third kappa shape index (κ3) is 3.42. The van der Waals surface area contributed by atoms with Gasteiger partial charge in [-0.15, -0.1) is 0 Å². The molecule has 0 atom stereocenters. The van der Waals surface area contributed by atoms with Crippen LogP contribution >= 0.6 is 0 Å². The second kappa shape index (κ2) is 6.96. The molecular formula is C21H19NO4. The SMILES string of the molecule is Cc1ccc(CN(Cc2ccccc2)C(=O)c2ccc3c(c2)OCO3)o1. The lowest BCUT2D eigenvalue weighted by Crippen LogP contribution is -2.30. The highest BCUT2D eigenvalue weighted by atomic mass is 16.7. The van der Waals surface area contributed by atoms with Gasteiger partial charge in [0.15, 0.2) is 11.5 Å². The molecule has 5 heteroatoms. The van der Waals surface area contributed by atoms with E-state index in [1.54, 1.807) is 23.1 Å². The summed E-state index contributed by atoms with van der Waals surface area (Å²) >= 11 is 0. The third-order valence-electron chi connectivity index (χ3n) is 4.27. The highest BCUT2D eigenvalue weighted by Gasteiger charge is 2.21. The number of hydrogen-bond donors (Lipinski definition) is 0. The Kier molecular flexibility index (Phi) is 4.35. The van der Waals surface area contributed by atoms with Gasteiger partial charge in [0.1, 0.15) is 11.5 Å². The van der Waals surface area contributed by atoms with Crippen molar-refractivity contribution in [3.05, 3.63) is 83.3 Å². The summed E-state index contributed by atoms with van der Waals surface area (Å²) < 4.78 is 16.4. The van der Waals surface area contributed by atoms with Gasteiger partial charge in [0.25, 0.3) is 5.91 Å². The normalized spacial score (nSPS) is 12.2. The lowest BCUT2D eigenvalue weighted by molar-refractivity contribution is 0.0716. The van der Waals surface area contributed by atoms with E-state index in [4.69, 9.17) is 13.9 Å². The molecule has 1 amide bonds. The van der Waals surface area contributed by atoms with Gasteiger partial charge >= 0.3 is 0 Å². The molecule has 0 radical (unpaired) electrons. The minimum Gasteiger partial charge on any atom is -0.464 e. The van der Waals surface area contributed by atoms with Crippen LogP contribution in [0.15, 0.2) is 65.1 Å². The molecule has 0 aliphatic carbocycles. The Hall–Kier alpha value is -3.21. The molecule has 0 bridgehead atoms. The van der Waals surface area contributed by atoms with Crippen LogP contribution in [-0.4, -0.2) is 17.6 Å². The Labute approximate surface area is 151 Å². The van der Waals surface area contributed by atoms with Crippen LogP contribution in [0.5, 0.6) is 11.5 Å². The number of fused-ring (bicyclic) bond motifs is 1. The number of aryl methyl sites for hydroxylation is 1. The van der Waals surface area contributed by atoms with Crippen molar-refractivity contribution in [3.8, 4) is 11.5 Å². The smallest absolute Gasteiger partial charge is 0.254 e. The number of rotatable bonds is 5. The molecule has 0 unspecified atom stereocenters. The van der Waals surface area contributed by atoms with Gasteiger partial charge in [0, 0.05) is 12.1 Å². The number of carbonyl (C=O) groups excluding carboxylic acids is 1. The van der Waals surface area contributed by atoms with E-state index in [1.165, 1.54) is 0 Å². The highest BCUT2D eigenvalue weighted by Crippen LogP contribution is 2.33. The van der Waals surface area contributed by atoms with Gasteiger partial charge in [-0.2, -0.15) is 0 Å². The van der Waals surface area contributed by atoms with Crippen LogP contribution in [0.2, 0.25) is 0 Å². The molecule has 2 heterocycles. The molecule has 0 fully saturated rings. The molecule has 3 aromatic rings. The lowest BCUT2D eigenvalue weighted by Gasteiger charge is -2.22. The fourth-order valence-corrected chi connectivity index (χ4v) is 2.97. The summed E-state index contributed by atoms with van der Waals surface area (Å²) in [5, 5.41) is 0. The van der Waals surface area contributed by atoms with Gasteiger partial charge in [-0.25, -0.2) is 0 Å². The standard InChI is InChI=1S/C21H19NO4/c1-15-7-9-18(26-15)13-22(12-16-5-3-2-4-6-16)21(23)17-8-10-19-20(11-17)25-14-24-19/h2-11H,12-14H2,1H3. The molecule has 2 aromatic carbocycles. The van der Waals surface area contributed by atoms with Crippen LogP contribution in [0, 0.1) is 6.92 Å². The molecule has 0 saturated carbocycles. The third-order valence-corrected chi connectivity index (χ3v) is 4.27. The zero-order valence-corrected chi connectivity index (χ0v) is 14.5. The molecule has 26 heavy (non-hydrogen) atoms. The summed E-state index contributed by atoms with van der Waals surface area (Å²) in [6.45, 7) is 2.97. The number of furan rings is 1. The van der Waals surface area contributed by atoms with Gasteiger partial charge in [-0.05, 0) is 42.8 Å². The number of ether oxygens (including phenoxy) is 2. The van der Waals surface area contributed by atoms with E-state index < -0.39 is 0 Å². The second-order valence-electron chi connectivity index (χ2n) is 6.23. The molecule has 132 valence electrons. The van der Waals surface area contributed by atoms with E-state index >= 15 is 0 Å². The van der Waals surface area contributed by atoms with Gasteiger partial charge in [0.05, 0.1) is 6.54 Å². The number of benzene rings is 2. The summed E-state index contributed by atoms with van der Waals surface area (Å²) in [5.41, 5.74) is 1.62. The summed E-state index contributed by atoms with van der Waals surface area (Å²) in [6.07, 6.45) is 0. The molecule has 5 nitrogen and oxygen atoms in total. The van der Waals surface area contributed by atoms with Crippen LogP contribution in [-0.2, 0) is 13.1 Å². The number of amides is 1. The minimum absolute atomic E-state index is 0.0822. The highest BCUT2D eigenvalue weighted by molar-refractivity contribution is 5.95. The topological polar surface area (TPSA) is 51.9 Å². The Morgan fingerprint density at radius 3 is 2.54 bits per heavy atom. The maximum atomic E-state index is 13.1. The van der Waals surface area contributed by atoms with E-state index in [2.05, 4.69) is 0 Å². The van der Waals surface area contributed by atoms with Crippen LogP contribution in [0.1, 0.15) is 27.4 Å². The fraction of sp³-hybridized carbons (Fsp3) is 0.190. The van der Waals surface area contributed by atoms with Crippen LogP contribution < -0.4 is 9.47 Å². The molecule has 0 saturated heterocycles. The minimum atomic E-state index is -0.0822. The van der Waals surface area contributed by atoms with Crippen LogP contribution in [0.3, 0.4) is 0 Å². The van der Waals surface area contributed by atoms with Crippen LogP contribution in [0.4, 0.5) is 0 Å². The van der Waals surface area contributed by atoms with Crippen molar-refractivity contribution < 1.29 is 18.7 Å². The monoisotopic (exact) mass is 349 g/mol. The number of nitrogens with zero attached hydrogens (tertiary/aromatic N) is 1. The second-order valence-corrected chi connectivity index (χ2v) is 6.23. The van der Waals surface area contributed by atoms with E-state index in [9.17, 15) is 4.79 Å². The van der Waals surface area contributed by atoms with Gasteiger partial charge < -0.3 is 18.8 Å². The molecule has 0 N–H and O–H groups in total. The van der Waals surface area contributed by atoms with Crippen molar-refractivity contribution in [1.82, 2.24) is 4.90 Å². The van der Waals surface area contributed by atoms with E-state index in [0.717, 1.165) is 17.1 Å². The van der Waals surface area contributed by atoms with E-state index in [0.29, 0.717) is 30.2 Å². The van der Waals surface area contributed by atoms with Crippen LogP contribution in [0.25, 0.3) is 0 Å². The Bertz CT molecular complexity index is 917. The zero-order valence-electron chi connectivity index (χ0n) is 14.5. The van der Waals surface area contributed by atoms with Crippen molar-refractivity contribution in [3.63, 3.8) is 0 Å². The molecule has 4 rings (SSSR count). The fourth-order valence-electron chi connectivity index (χ4n) is 2.97. The molecule has 1 aliphatic rings. The molecular weight excluding hydrogens is 330 g/mol.